The van der Waals surface area contributed by atoms with Crippen molar-refractivity contribution in [2.45, 2.75) is 59.2 Å². The second kappa shape index (κ2) is 10.5. The summed E-state index contributed by atoms with van der Waals surface area (Å²) in [5, 5.41) is 1.83. The Morgan fingerprint density at radius 3 is 2.53 bits per heavy atom. The van der Waals surface area contributed by atoms with E-state index in [2.05, 4.69) is 0 Å². The molecule has 0 radical (unpaired) electrons. The number of hydrogen-bond donors (Lipinski definition) is 1. The lowest BCUT2D eigenvalue weighted by atomic mass is 9.93. The van der Waals surface area contributed by atoms with E-state index in [1.54, 1.807) is 19.9 Å². The van der Waals surface area contributed by atoms with Crippen molar-refractivity contribution < 1.29 is 41.8 Å². The number of amides is 1. The third kappa shape index (κ3) is 5.80. The average Bonchev–Trinajstić information content (AvgIpc) is 3.12. The molecule has 10 heteroatoms. The van der Waals surface area contributed by atoms with Gasteiger partial charge in [-0.1, -0.05) is 18.6 Å². The number of anilines is 1. The van der Waals surface area contributed by atoms with Crippen LogP contribution in [0.2, 0.25) is 0 Å². The van der Waals surface area contributed by atoms with E-state index in [1.807, 2.05) is 12.2 Å². The zero-order valence-electron chi connectivity index (χ0n) is 18.4. The van der Waals surface area contributed by atoms with Gasteiger partial charge >= 0.3 is 24.0 Å². The quantitative estimate of drug-likeness (QED) is 0.437. The van der Waals surface area contributed by atoms with Gasteiger partial charge in [-0.3, -0.25) is 9.59 Å². The van der Waals surface area contributed by atoms with E-state index < -0.39 is 18.1 Å². The number of carbonyl (C=O) groups is 3. The van der Waals surface area contributed by atoms with E-state index >= 15 is 0 Å². The Balaban J connectivity index is 2.41. The van der Waals surface area contributed by atoms with Crippen molar-refractivity contribution in [2.24, 2.45) is 0 Å². The van der Waals surface area contributed by atoms with Gasteiger partial charge in [0.25, 0.3) is 0 Å². The smallest absolute Gasteiger partial charge is 0.471 e. The zero-order chi connectivity index (χ0) is 24.1. The Hall–Kier alpha value is -3.04. The van der Waals surface area contributed by atoms with E-state index in [0.717, 1.165) is 5.57 Å². The molecule has 7 nitrogen and oxygen atoms in total. The van der Waals surface area contributed by atoms with Gasteiger partial charge < -0.3 is 19.5 Å². The summed E-state index contributed by atoms with van der Waals surface area (Å²) in [5.41, 5.74) is 1.53. The van der Waals surface area contributed by atoms with Crippen molar-refractivity contribution in [3.63, 3.8) is 0 Å². The maximum absolute atomic E-state index is 12.9. The van der Waals surface area contributed by atoms with E-state index in [4.69, 9.17) is 14.2 Å². The normalized spacial score (nSPS) is 13.5. The highest BCUT2D eigenvalue weighted by Crippen LogP contribution is 2.42. The number of cyclic esters (lactones) is 1. The van der Waals surface area contributed by atoms with Gasteiger partial charge in [-0.05, 0) is 38.7 Å². The molecule has 1 aromatic carbocycles. The number of alkyl halides is 3. The van der Waals surface area contributed by atoms with Crippen molar-refractivity contribution in [3.8, 4) is 5.75 Å². The van der Waals surface area contributed by atoms with Gasteiger partial charge in [0.2, 0.25) is 0 Å². The van der Waals surface area contributed by atoms with Crippen LogP contribution < -0.4 is 10.1 Å². The Bertz CT molecular complexity index is 937. The number of methoxy groups -OCH3 is 1. The van der Waals surface area contributed by atoms with Gasteiger partial charge in [-0.2, -0.15) is 13.2 Å². The van der Waals surface area contributed by atoms with Gasteiger partial charge in [0.05, 0.1) is 25.0 Å². The summed E-state index contributed by atoms with van der Waals surface area (Å²) in [6.45, 7) is 5.53. The molecule has 0 atom stereocenters. The van der Waals surface area contributed by atoms with E-state index in [1.165, 1.54) is 7.11 Å². The van der Waals surface area contributed by atoms with Gasteiger partial charge in [0, 0.05) is 17.5 Å². The van der Waals surface area contributed by atoms with Crippen LogP contribution >= 0.6 is 0 Å². The molecule has 0 aliphatic carbocycles. The van der Waals surface area contributed by atoms with E-state index in [-0.39, 0.29) is 48.0 Å². The Morgan fingerprint density at radius 1 is 1.25 bits per heavy atom. The number of nitrogens with one attached hydrogen (secondary N) is 1. The molecule has 1 aromatic rings. The average molecular weight is 457 g/mol. The molecule has 0 saturated carbocycles. The first-order valence-electron chi connectivity index (χ1n) is 10.1. The molecule has 0 unspecified atom stereocenters. The van der Waals surface area contributed by atoms with Gasteiger partial charge in [0.15, 0.2) is 0 Å². The van der Waals surface area contributed by atoms with Crippen LogP contribution in [0.4, 0.5) is 18.9 Å². The number of esters is 2. The highest BCUT2D eigenvalue weighted by molar-refractivity contribution is 6.07. The topological polar surface area (TPSA) is 90.9 Å². The number of halogens is 3. The lowest BCUT2D eigenvalue weighted by Gasteiger charge is -2.20. The van der Waals surface area contributed by atoms with Crippen molar-refractivity contribution in [2.75, 3.05) is 19.0 Å². The number of ether oxygens (including phenoxy) is 3. The summed E-state index contributed by atoms with van der Waals surface area (Å²) in [5.74, 6) is -3.10. The molecule has 0 aromatic heterocycles. The Morgan fingerprint density at radius 2 is 1.94 bits per heavy atom. The second-order valence-corrected chi connectivity index (χ2v) is 7.37. The minimum absolute atomic E-state index is 0.0634. The Labute approximate surface area is 183 Å². The fraction of sp³-hybridized carbons (Fsp3) is 0.500. The summed E-state index contributed by atoms with van der Waals surface area (Å²) in [6, 6.07) is 0. The predicted molar refractivity (Wildman–Crippen MR) is 109 cm³/mol. The van der Waals surface area contributed by atoms with Crippen molar-refractivity contribution >= 4 is 23.5 Å². The first-order valence-corrected chi connectivity index (χ1v) is 10.1. The third-order valence-corrected chi connectivity index (χ3v) is 5.02. The van der Waals surface area contributed by atoms with Crippen LogP contribution in [0.15, 0.2) is 11.6 Å². The fourth-order valence-corrected chi connectivity index (χ4v) is 3.34. The molecule has 0 spiro atoms. The SMILES string of the molecule is CCCOC(=O)CCC(C)=CCc1c(NC(=O)C(F)(F)F)c2c(c(C)c1OC)COC2=O. The van der Waals surface area contributed by atoms with Crippen molar-refractivity contribution in [1.82, 2.24) is 0 Å². The number of benzene rings is 1. The summed E-state index contributed by atoms with van der Waals surface area (Å²) in [4.78, 5) is 35.6. The van der Waals surface area contributed by atoms with Crippen LogP contribution in [0.25, 0.3) is 0 Å². The minimum Gasteiger partial charge on any atom is -0.496 e. The summed E-state index contributed by atoms with van der Waals surface area (Å²) >= 11 is 0. The zero-order valence-corrected chi connectivity index (χ0v) is 18.4. The molecule has 2 rings (SSSR count). The van der Waals surface area contributed by atoms with E-state index in [0.29, 0.717) is 30.6 Å². The summed E-state index contributed by atoms with van der Waals surface area (Å²) in [6.07, 6.45) is -2.11. The van der Waals surface area contributed by atoms with Crippen LogP contribution in [0.5, 0.6) is 5.75 Å². The number of fused-ring (bicyclic) bond motifs is 1. The fourth-order valence-electron chi connectivity index (χ4n) is 3.34. The molecular weight excluding hydrogens is 431 g/mol. The van der Waals surface area contributed by atoms with Crippen LogP contribution in [0, 0.1) is 6.92 Å². The lowest BCUT2D eigenvalue weighted by Crippen LogP contribution is -2.31. The van der Waals surface area contributed by atoms with Gasteiger partial charge in [-0.15, -0.1) is 0 Å². The second-order valence-electron chi connectivity index (χ2n) is 7.37. The maximum Gasteiger partial charge on any atom is 0.471 e. The maximum atomic E-state index is 12.9. The highest BCUT2D eigenvalue weighted by Gasteiger charge is 2.41. The molecule has 32 heavy (non-hydrogen) atoms. The van der Waals surface area contributed by atoms with Crippen LogP contribution in [-0.4, -0.2) is 37.7 Å². The molecule has 1 heterocycles. The first-order chi connectivity index (χ1) is 15.0. The van der Waals surface area contributed by atoms with Gasteiger partial charge in [0.1, 0.15) is 12.4 Å². The van der Waals surface area contributed by atoms with Crippen molar-refractivity contribution in [3.05, 3.63) is 33.9 Å². The Kier molecular flexibility index (Phi) is 8.29. The standard InChI is InChI=1S/C22H26F3NO6/c1-5-10-31-16(27)9-7-12(2)6-8-14-18(26-21(29)22(23,24)25)17-15(11-32-20(17)28)13(3)19(14)30-4/h6H,5,7-11H2,1-4H3,(H,26,29). The van der Waals surface area contributed by atoms with Crippen LogP contribution in [0.3, 0.4) is 0 Å². The number of rotatable bonds is 9. The van der Waals surface area contributed by atoms with Crippen molar-refractivity contribution in [1.29, 1.82) is 0 Å². The molecule has 176 valence electrons. The number of carbonyl (C=O) groups excluding carboxylic acids is 3. The highest BCUT2D eigenvalue weighted by atomic mass is 19.4. The van der Waals surface area contributed by atoms with Crippen LogP contribution in [-0.2, 0) is 32.1 Å². The predicted octanol–water partition coefficient (Wildman–Crippen LogP) is 4.40. The number of hydrogen-bond acceptors (Lipinski definition) is 6. The monoisotopic (exact) mass is 457 g/mol. The molecule has 1 aliphatic heterocycles. The largest absolute Gasteiger partial charge is 0.496 e. The lowest BCUT2D eigenvalue weighted by molar-refractivity contribution is -0.167. The van der Waals surface area contributed by atoms with E-state index in [9.17, 15) is 27.6 Å². The number of allylic oxidation sites excluding steroid dienone is 2. The molecule has 1 amide bonds. The third-order valence-electron chi connectivity index (χ3n) is 5.02. The molecule has 0 fully saturated rings. The molecule has 1 N–H and O–H groups in total. The summed E-state index contributed by atoms with van der Waals surface area (Å²) in [7, 11) is 1.35. The van der Waals surface area contributed by atoms with Gasteiger partial charge in [-0.25, -0.2) is 4.79 Å². The minimum atomic E-state index is -5.14. The molecule has 0 bridgehead atoms. The van der Waals surface area contributed by atoms with Crippen LogP contribution in [0.1, 0.15) is 60.2 Å². The molecule has 0 saturated heterocycles. The first kappa shape index (κ1) is 25.2. The summed E-state index contributed by atoms with van der Waals surface area (Å²) < 4.78 is 54.3. The molecular formula is C22H26F3NO6. The molecule has 1 aliphatic rings.